The second-order valence-corrected chi connectivity index (χ2v) is 10.1. The highest BCUT2D eigenvalue weighted by molar-refractivity contribution is 7.91. The Bertz CT molecular complexity index is 874. The Morgan fingerprint density at radius 1 is 1.28 bits per heavy atom. The van der Waals surface area contributed by atoms with Crippen LogP contribution in [0.25, 0.3) is 0 Å². The number of hydrogen-bond acceptors (Lipinski definition) is 6. The molecule has 1 saturated heterocycles. The van der Waals surface area contributed by atoms with Crippen molar-refractivity contribution in [1.82, 2.24) is 10.1 Å². The number of sulfonamides is 1. The second-order valence-electron chi connectivity index (χ2n) is 5.94. The zero-order valence-electron chi connectivity index (χ0n) is 14.0. The van der Waals surface area contributed by atoms with Gasteiger partial charge in [-0.25, -0.2) is 27.0 Å². The summed E-state index contributed by atoms with van der Waals surface area (Å²) in [5.74, 6) is -0.318. The Labute approximate surface area is 147 Å². The molecule has 138 valence electrons. The van der Waals surface area contributed by atoms with Crippen molar-refractivity contribution in [2.45, 2.75) is 24.7 Å². The third-order valence-corrected chi connectivity index (χ3v) is 7.27. The Morgan fingerprint density at radius 2 is 1.92 bits per heavy atom. The van der Waals surface area contributed by atoms with Gasteiger partial charge >= 0.3 is 0 Å². The van der Waals surface area contributed by atoms with Crippen molar-refractivity contribution in [3.05, 3.63) is 29.8 Å². The summed E-state index contributed by atoms with van der Waals surface area (Å²) < 4.78 is 48.3. The molecule has 1 fully saturated rings. The number of sulfone groups is 1. The molecule has 0 radical (unpaired) electrons. The van der Waals surface area contributed by atoms with Gasteiger partial charge in [0, 0.05) is 6.42 Å². The quantitative estimate of drug-likeness (QED) is 0.536. The van der Waals surface area contributed by atoms with Crippen LogP contribution in [0.2, 0.25) is 0 Å². The number of nitrogens with zero attached hydrogens (tertiary/aromatic N) is 1. The van der Waals surface area contributed by atoms with Crippen molar-refractivity contribution < 1.29 is 21.6 Å². The van der Waals surface area contributed by atoms with Crippen LogP contribution >= 0.6 is 0 Å². The summed E-state index contributed by atoms with van der Waals surface area (Å²) in [6, 6.07) is 6.09. The van der Waals surface area contributed by atoms with Crippen molar-refractivity contribution in [1.29, 1.82) is 0 Å². The van der Waals surface area contributed by atoms with Crippen LogP contribution in [0.15, 0.2) is 34.3 Å². The van der Waals surface area contributed by atoms with Crippen molar-refractivity contribution in [3.63, 3.8) is 0 Å². The normalized spacial score (nSPS) is 20.4. The van der Waals surface area contributed by atoms with Gasteiger partial charge in [0.2, 0.25) is 15.9 Å². The zero-order valence-corrected chi connectivity index (χ0v) is 15.7. The van der Waals surface area contributed by atoms with Crippen molar-refractivity contribution in [2.75, 3.05) is 18.6 Å². The van der Waals surface area contributed by atoms with E-state index < -0.39 is 19.9 Å². The minimum atomic E-state index is -3.50. The summed E-state index contributed by atoms with van der Waals surface area (Å²) in [6.07, 6.45) is 0.620. The van der Waals surface area contributed by atoms with Gasteiger partial charge in [-0.15, -0.1) is 0 Å². The lowest BCUT2D eigenvalue weighted by Crippen LogP contribution is -2.22. The number of carbonyl (C=O) groups excluding carboxylic acids is 1. The molecule has 0 aliphatic carbocycles. The van der Waals surface area contributed by atoms with E-state index in [4.69, 9.17) is 0 Å². The number of benzene rings is 1. The highest BCUT2D eigenvalue weighted by Gasteiger charge is 2.29. The number of amides is 1. The topological polar surface area (TPSA) is 122 Å². The van der Waals surface area contributed by atoms with E-state index in [1.807, 2.05) is 0 Å². The lowest BCUT2D eigenvalue weighted by atomic mass is 10.1. The summed E-state index contributed by atoms with van der Waals surface area (Å²) in [6.45, 7) is 1.68. The van der Waals surface area contributed by atoms with E-state index in [1.165, 1.54) is 19.2 Å². The van der Waals surface area contributed by atoms with Crippen LogP contribution in [0.3, 0.4) is 0 Å². The molecule has 0 spiro atoms. The van der Waals surface area contributed by atoms with Crippen molar-refractivity contribution in [3.8, 4) is 0 Å². The summed E-state index contributed by atoms with van der Waals surface area (Å²) in [5.41, 5.74) is 3.59. The fourth-order valence-corrected chi connectivity index (χ4v) is 5.14. The molecule has 0 bridgehead atoms. The predicted octanol–water partition coefficient (Wildman–Crippen LogP) is 0.260. The molecule has 0 unspecified atom stereocenters. The van der Waals surface area contributed by atoms with Crippen LogP contribution in [0.4, 0.5) is 0 Å². The zero-order chi connectivity index (χ0) is 18.7. The van der Waals surface area contributed by atoms with E-state index in [0.29, 0.717) is 17.7 Å². The number of hydrazone groups is 1. The van der Waals surface area contributed by atoms with Gasteiger partial charge in [0.15, 0.2) is 9.84 Å². The second kappa shape index (κ2) is 7.63. The van der Waals surface area contributed by atoms with Crippen LogP contribution in [0.1, 0.15) is 25.3 Å². The molecule has 1 aromatic carbocycles. The van der Waals surface area contributed by atoms with Gasteiger partial charge in [-0.05, 0) is 44.0 Å². The predicted molar refractivity (Wildman–Crippen MR) is 94.4 cm³/mol. The summed E-state index contributed by atoms with van der Waals surface area (Å²) in [5, 5.41) is 3.99. The largest absolute Gasteiger partial charge is 0.273 e. The van der Waals surface area contributed by atoms with Gasteiger partial charge in [-0.3, -0.25) is 4.79 Å². The standard InChI is InChI=1S/C15H21N3O5S2/c1-11(13-3-5-14(6-4-13)25(22,23)16-2)17-18-15(19)9-12-7-8-24(20,21)10-12/h3-6,12,16H,7-10H2,1-2H3,(H,18,19)/b17-11-/t12-/m1/s1. The van der Waals surface area contributed by atoms with Crippen LogP contribution in [0, 0.1) is 5.92 Å². The third-order valence-electron chi connectivity index (χ3n) is 4.00. The molecule has 1 aliphatic heterocycles. The monoisotopic (exact) mass is 387 g/mol. The number of hydrogen-bond donors (Lipinski definition) is 2. The van der Waals surface area contributed by atoms with Crippen LogP contribution in [-0.4, -0.2) is 47.0 Å². The number of rotatable bonds is 6. The maximum Gasteiger partial charge on any atom is 0.240 e. The molecule has 2 rings (SSSR count). The fraction of sp³-hybridized carbons (Fsp3) is 0.467. The van der Waals surface area contributed by atoms with E-state index in [9.17, 15) is 21.6 Å². The van der Waals surface area contributed by atoms with Crippen LogP contribution in [0.5, 0.6) is 0 Å². The first-order chi connectivity index (χ1) is 11.6. The Hall–Kier alpha value is -1.78. The van der Waals surface area contributed by atoms with Crippen molar-refractivity contribution in [2.24, 2.45) is 11.0 Å². The fourth-order valence-electron chi connectivity index (χ4n) is 2.54. The van der Waals surface area contributed by atoms with Gasteiger partial charge in [-0.2, -0.15) is 5.10 Å². The molecule has 1 aromatic rings. The average molecular weight is 387 g/mol. The minimum Gasteiger partial charge on any atom is -0.273 e. The average Bonchev–Trinajstić information content (AvgIpc) is 2.91. The van der Waals surface area contributed by atoms with Gasteiger partial charge in [-0.1, -0.05) is 12.1 Å². The molecule has 8 nitrogen and oxygen atoms in total. The van der Waals surface area contributed by atoms with Crippen LogP contribution in [-0.2, 0) is 24.7 Å². The van der Waals surface area contributed by atoms with Gasteiger partial charge in [0.1, 0.15) is 0 Å². The molecule has 0 saturated carbocycles. The highest BCUT2D eigenvalue weighted by atomic mass is 32.2. The third kappa shape index (κ3) is 5.35. The molecule has 0 aromatic heterocycles. The summed E-state index contributed by atoms with van der Waals surface area (Å²) in [7, 11) is -5.17. The SMILES string of the molecule is CNS(=O)(=O)c1ccc(/C(C)=N\NC(=O)C[C@H]2CCS(=O)(=O)C2)cc1. The maximum absolute atomic E-state index is 11.9. The van der Waals surface area contributed by atoms with E-state index >= 15 is 0 Å². The van der Waals surface area contributed by atoms with E-state index in [1.54, 1.807) is 19.1 Å². The highest BCUT2D eigenvalue weighted by Crippen LogP contribution is 2.21. The van der Waals surface area contributed by atoms with Gasteiger partial charge in [0.05, 0.1) is 22.1 Å². The van der Waals surface area contributed by atoms with Gasteiger partial charge < -0.3 is 0 Å². The molecule has 1 atom stereocenters. The first kappa shape index (κ1) is 19.5. The van der Waals surface area contributed by atoms with E-state index in [0.717, 1.165) is 0 Å². The number of nitrogens with one attached hydrogen (secondary N) is 2. The molecular formula is C15H21N3O5S2. The first-order valence-corrected chi connectivity index (χ1v) is 11.0. The Balaban J connectivity index is 1.96. The first-order valence-electron chi connectivity index (χ1n) is 7.70. The molecule has 1 aliphatic rings. The van der Waals surface area contributed by atoms with Gasteiger partial charge in [0.25, 0.3) is 0 Å². The lowest BCUT2D eigenvalue weighted by molar-refractivity contribution is -0.121. The van der Waals surface area contributed by atoms with E-state index in [-0.39, 0.29) is 34.6 Å². The molecular weight excluding hydrogens is 366 g/mol. The lowest BCUT2D eigenvalue weighted by Gasteiger charge is -2.07. The molecule has 10 heteroatoms. The van der Waals surface area contributed by atoms with Crippen molar-refractivity contribution >= 4 is 31.5 Å². The Kier molecular flexibility index (Phi) is 5.96. The molecule has 1 amide bonds. The molecule has 2 N–H and O–H groups in total. The minimum absolute atomic E-state index is 0.0461. The summed E-state index contributed by atoms with van der Waals surface area (Å²) >= 11 is 0. The van der Waals surface area contributed by atoms with E-state index in [2.05, 4.69) is 15.2 Å². The maximum atomic E-state index is 11.9. The van der Waals surface area contributed by atoms with Crippen LogP contribution < -0.4 is 10.1 Å². The number of carbonyl (C=O) groups is 1. The molecule has 1 heterocycles. The Morgan fingerprint density at radius 3 is 2.44 bits per heavy atom. The molecule has 25 heavy (non-hydrogen) atoms. The summed E-state index contributed by atoms with van der Waals surface area (Å²) in [4.78, 5) is 12.0. The smallest absolute Gasteiger partial charge is 0.240 e.